The van der Waals surface area contributed by atoms with Crippen LogP contribution in [0.15, 0.2) is 0 Å². The lowest BCUT2D eigenvalue weighted by Crippen LogP contribution is -2.40. The summed E-state index contributed by atoms with van der Waals surface area (Å²) in [6.45, 7) is 0.109. The summed E-state index contributed by atoms with van der Waals surface area (Å²) < 4.78 is 4.56. The summed E-state index contributed by atoms with van der Waals surface area (Å²) in [7, 11) is 0. The molecule has 0 aromatic carbocycles. The second-order valence-electron chi connectivity index (χ2n) is 2.18. The van der Waals surface area contributed by atoms with Gasteiger partial charge in [0.15, 0.2) is 6.29 Å². The first kappa shape index (κ1) is 6.95. The van der Waals surface area contributed by atoms with Crippen LogP contribution in [-0.2, 0) is 4.74 Å². The Bertz CT molecular complexity index is 95.0. The van der Waals surface area contributed by atoms with Crippen LogP contribution >= 0.6 is 0 Å². The first-order valence-electron chi connectivity index (χ1n) is 2.86. The summed E-state index contributed by atoms with van der Waals surface area (Å²) >= 11 is 0. The summed E-state index contributed by atoms with van der Waals surface area (Å²) in [4.78, 5) is 0. The lowest BCUT2D eigenvalue weighted by Gasteiger charge is -2.26. The van der Waals surface area contributed by atoms with Gasteiger partial charge in [0, 0.05) is 6.42 Å². The van der Waals surface area contributed by atoms with E-state index in [-0.39, 0.29) is 13.0 Å². The molecule has 1 aliphatic rings. The van der Waals surface area contributed by atoms with Crippen molar-refractivity contribution in [1.29, 1.82) is 0 Å². The molecule has 0 radical (unpaired) electrons. The van der Waals surface area contributed by atoms with Gasteiger partial charge in [-0.3, -0.25) is 0 Å². The molecule has 1 heterocycles. The molecular weight excluding hydrogens is 124 g/mol. The van der Waals surface area contributed by atoms with Gasteiger partial charge in [-0.15, -0.1) is 0 Å². The van der Waals surface area contributed by atoms with Crippen LogP contribution in [-0.4, -0.2) is 40.4 Å². The van der Waals surface area contributed by atoms with Crippen molar-refractivity contribution in [3.05, 3.63) is 0 Å². The second-order valence-corrected chi connectivity index (χ2v) is 2.18. The SMILES string of the molecule is OC1C[C@H](O)CO[C@H]1O. The van der Waals surface area contributed by atoms with E-state index in [4.69, 9.17) is 15.3 Å². The number of hydrogen-bond donors (Lipinski definition) is 3. The van der Waals surface area contributed by atoms with Gasteiger partial charge < -0.3 is 20.1 Å². The van der Waals surface area contributed by atoms with Crippen LogP contribution in [0.4, 0.5) is 0 Å². The molecule has 9 heavy (non-hydrogen) atoms. The average Bonchev–Trinajstić information content (AvgIpc) is 1.80. The van der Waals surface area contributed by atoms with Gasteiger partial charge in [-0.05, 0) is 0 Å². The Morgan fingerprint density at radius 1 is 1.22 bits per heavy atom. The van der Waals surface area contributed by atoms with E-state index in [1.54, 1.807) is 0 Å². The Morgan fingerprint density at radius 3 is 2.33 bits per heavy atom. The van der Waals surface area contributed by atoms with Gasteiger partial charge in [0.25, 0.3) is 0 Å². The van der Waals surface area contributed by atoms with Crippen molar-refractivity contribution >= 4 is 0 Å². The number of ether oxygens (including phenoxy) is 1. The minimum absolute atomic E-state index is 0.109. The van der Waals surface area contributed by atoms with Gasteiger partial charge in [0.2, 0.25) is 0 Å². The van der Waals surface area contributed by atoms with E-state index < -0.39 is 18.5 Å². The Labute approximate surface area is 52.7 Å². The van der Waals surface area contributed by atoms with E-state index in [2.05, 4.69) is 4.74 Å². The van der Waals surface area contributed by atoms with Crippen molar-refractivity contribution < 1.29 is 20.1 Å². The monoisotopic (exact) mass is 134 g/mol. The van der Waals surface area contributed by atoms with Crippen molar-refractivity contribution in [2.24, 2.45) is 0 Å². The zero-order valence-electron chi connectivity index (χ0n) is 4.90. The van der Waals surface area contributed by atoms with Crippen molar-refractivity contribution in [3.8, 4) is 0 Å². The summed E-state index contributed by atoms with van der Waals surface area (Å²) in [6.07, 6.45) is -2.49. The fraction of sp³-hybridized carbons (Fsp3) is 1.00. The summed E-state index contributed by atoms with van der Waals surface area (Å²) in [5, 5.41) is 26.3. The zero-order chi connectivity index (χ0) is 6.85. The number of aliphatic hydroxyl groups excluding tert-OH is 3. The lowest BCUT2D eigenvalue weighted by atomic mass is 10.1. The second kappa shape index (κ2) is 2.62. The molecule has 0 saturated carbocycles. The largest absolute Gasteiger partial charge is 0.391 e. The Kier molecular flexibility index (Phi) is 2.02. The van der Waals surface area contributed by atoms with Gasteiger partial charge in [0.05, 0.1) is 12.7 Å². The van der Waals surface area contributed by atoms with Crippen LogP contribution in [0.5, 0.6) is 0 Å². The maximum absolute atomic E-state index is 8.81. The van der Waals surface area contributed by atoms with Crippen LogP contribution in [0.2, 0.25) is 0 Å². The number of rotatable bonds is 0. The minimum Gasteiger partial charge on any atom is -0.391 e. The van der Waals surface area contributed by atoms with Crippen LogP contribution in [0.3, 0.4) is 0 Å². The smallest absolute Gasteiger partial charge is 0.181 e. The molecule has 3 atom stereocenters. The molecule has 1 aliphatic heterocycles. The van der Waals surface area contributed by atoms with Crippen LogP contribution in [0.25, 0.3) is 0 Å². The lowest BCUT2D eigenvalue weighted by molar-refractivity contribution is -0.211. The van der Waals surface area contributed by atoms with Crippen LogP contribution in [0, 0.1) is 0 Å². The maximum Gasteiger partial charge on any atom is 0.181 e. The topological polar surface area (TPSA) is 69.9 Å². The minimum atomic E-state index is -1.12. The van der Waals surface area contributed by atoms with E-state index >= 15 is 0 Å². The zero-order valence-corrected chi connectivity index (χ0v) is 4.90. The molecule has 54 valence electrons. The molecule has 0 bridgehead atoms. The highest BCUT2D eigenvalue weighted by Gasteiger charge is 2.26. The third-order valence-electron chi connectivity index (χ3n) is 1.30. The first-order valence-corrected chi connectivity index (χ1v) is 2.86. The van der Waals surface area contributed by atoms with Gasteiger partial charge in [-0.2, -0.15) is 0 Å². The van der Waals surface area contributed by atoms with E-state index in [0.29, 0.717) is 0 Å². The van der Waals surface area contributed by atoms with Crippen molar-refractivity contribution in [2.75, 3.05) is 6.61 Å². The van der Waals surface area contributed by atoms with E-state index in [1.807, 2.05) is 0 Å². The maximum atomic E-state index is 8.81. The Balaban J connectivity index is 2.35. The predicted octanol–water partition coefficient (Wildman–Crippen LogP) is -1.55. The van der Waals surface area contributed by atoms with Crippen LogP contribution in [0.1, 0.15) is 6.42 Å². The van der Waals surface area contributed by atoms with Gasteiger partial charge in [-0.25, -0.2) is 0 Å². The first-order chi connectivity index (χ1) is 4.20. The quantitative estimate of drug-likeness (QED) is 0.375. The summed E-state index contributed by atoms with van der Waals surface area (Å²) in [6, 6.07) is 0. The highest BCUT2D eigenvalue weighted by Crippen LogP contribution is 2.11. The van der Waals surface area contributed by atoms with Crippen molar-refractivity contribution in [1.82, 2.24) is 0 Å². The molecule has 0 aromatic heterocycles. The third-order valence-corrected chi connectivity index (χ3v) is 1.30. The van der Waals surface area contributed by atoms with Crippen molar-refractivity contribution in [2.45, 2.75) is 24.9 Å². The Morgan fingerprint density at radius 2 is 1.89 bits per heavy atom. The van der Waals surface area contributed by atoms with Crippen molar-refractivity contribution in [3.63, 3.8) is 0 Å². The van der Waals surface area contributed by atoms with Gasteiger partial charge in [-0.1, -0.05) is 0 Å². The Hall–Kier alpha value is -0.160. The standard InChI is InChI=1S/C5H10O4/c6-3-1-4(7)5(8)9-2-3/h3-8H,1-2H2/t3-,4?,5+/m0/s1. The summed E-state index contributed by atoms with van der Waals surface area (Å²) in [5.74, 6) is 0. The fourth-order valence-corrected chi connectivity index (χ4v) is 0.784. The normalized spacial score (nSPS) is 45.0. The molecule has 4 nitrogen and oxygen atoms in total. The third kappa shape index (κ3) is 1.62. The molecule has 0 aromatic rings. The molecular formula is C5H10O4. The number of aliphatic hydroxyl groups is 3. The molecule has 0 amide bonds. The van der Waals surface area contributed by atoms with Crippen LogP contribution < -0.4 is 0 Å². The van der Waals surface area contributed by atoms with E-state index in [0.717, 1.165) is 0 Å². The van der Waals surface area contributed by atoms with E-state index in [1.165, 1.54) is 0 Å². The molecule has 3 N–H and O–H groups in total. The number of hydrogen-bond acceptors (Lipinski definition) is 4. The van der Waals surface area contributed by atoms with Gasteiger partial charge in [0.1, 0.15) is 6.10 Å². The molecule has 1 rings (SSSR count). The fourth-order valence-electron chi connectivity index (χ4n) is 0.784. The predicted molar refractivity (Wildman–Crippen MR) is 28.6 cm³/mol. The molecule has 0 aliphatic carbocycles. The molecule has 4 heteroatoms. The molecule has 1 unspecified atom stereocenters. The summed E-state index contributed by atoms with van der Waals surface area (Å²) in [5.41, 5.74) is 0. The highest BCUT2D eigenvalue weighted by molar-refractivity contribution is 4.70. The van der Waals surface area contributed by atoms with Gasteiger partial charge >= 0.3 is 0 Å². The van der Waals surface area contributed by atoms with E-state index in [9.17, 15) is 0 Å². The molecule has 1 fully saturated rings. The molecule has 0 spiro atoms. The highest BCUT2D eigenvalue weighted by atomic mass is 16.6. The average molecular weight is 134 g/mol. The molecule has 1 saturated heterocycles.